The highest BCUT2D eigenvalue weighted by atomic mass is 32.1. The van der Waals surface area contributed by atoms with Crippen LogP contribution in [0.15, 0.2) is 36.7 Å². The maximum Gasteiger partial charge on any atom is 0.138 e. The largest absolute Gasteiger partial charge is 0.369 e. The van der Waals surface area contributed by atoms with Gasteiger partial charge in [-0.05, 0) is 48.1 Å². The van der Waals surface area contributed by atoms with Crippen molar-refractivity contribution in [2.75, 3.05) is 11.9 Å². The normalized spacial score (nSPS) is 17.1. The second-order valence-electron chi connectivity index (χ2n) is 8.35. The molecule has 0 bridgehead atoms. The van der Waals surface area contributed by atoms with E-state index in [2.05, 4.69) is 66.4 Å². The zero-order valence-corrected chi connectivity index (χ0v) is 17.4. The Bertz CT molecular complexity index is 914. The molecule has 1 N–H and O–H groups in total. The molecular formula is C23H29N3S. The number of hydrogen-bond acceptors (Lipinski definition) is 4. The quantitative estimate of drug-likeness (QED) is 0.580. The van der Waals surface area contributed by atoms with Crippen molar-refractivity contribution in [2.24, 2.45) is 11.3 Å². The molecule has 2 heterocycles. The van der Waals surface area contributed by atoms with Crippen molar-refractivity contribution in [1.82, 2.24) is 9.97 Å². The standard InChI is InChI=1S/C23H29N3S/c1-4-23(2,3)17-10-11-19-18(14-17)20-21(25-15-26-22(20)27-19)24-13-12-16-8-6-5-7-9-16/h5-9,15,17H,4,10-14H2,1-3H3,(H,24,25,26)/t17-/m0/s1. The molecule has 3 aromatic rings. The van der Waals surface area contributed by atoms with Gasteiger partial charge in [-0.1, -0.05) is 57.5 Å². The fraction of sp³-hybridized carbons (Fsp3) is 0.478. The second kappa shape index (κ2) is 7.59. The van der Waals surface area contributed by atoms with E-state index in [9.17, 15) is 0 Å². The third kappa shape index (κ3) is 3.73. The van der Waals surface area contributed by atoms with Crippen LogP contribution in [0, 0.1) is 11.3 Å². The lowest BCUT2D eigenvalue weighted by atomic mass is 9.69. The summed E-state index contributed by atoms with van der Waals surface area (Å²) in [5.74, 6) is 1.76. The third-order valence-electron chi connectivity index (χ3n) is 6.41. The molecule has 0 spiro atoms. The molecule has 4 rings (SSSR count). The van der Waals surface area contributed by atoms with Crippen LogP contribution in [0.1, 0.15) is 49.6 Å². The number of aryl methyl sites for hydroxylation is 1. The zero-order valence-electron chi connectivity index (χ0n) is 16.6. The van der Waals surface area contributed by atoms with Crippen LogP contribution >= 0.6 is 11.3 Å². The first kappa shape index (κ1) is 18.4. The summed E-state index contributed by atoms with van der Waals surface area (Å²) in [5, 5.41) is 4.88. The average molecular weight is 380 g/mol. The Hall–Kier alpha value is -1.94. The number of nitrogens with zero attached hydrogens (tertiary/aromatic N) is 2. The molecule has 27 heavy (non-hydrogen) atoms. The zero-order chi connectivity index (χ0) is 18.9. The van der Waals surface area contributed by atoms with Crippen molar-refractivity contribution >= 4 is 27.4 Å². The van der Waals surface area contributed by atoms with Crippen molar-refractivity contribution in [1.29, 1.82) is 0 Å². The van der Waals surface area contributed by atoms with Gasteiger partial charge in [-0.25, -0.2) is 9.97 Å². The summed E-state index contributed by atoms with van der Waals surface area (Å²) in [6.07, 6.45) is 7.59. The Morgan fingerprint density at radius 2 is 2.00 bits per heavy atom. The molecule has 1 aliphatic rings. The summed E-state index contributed by atoms with van der Waals surface area (Å²) >= 11 is 1.87. The Labute approximate surface area is 166 Å². The van der Waals surface area contributed by atoms with Crippen LogP contribution in [-0.4, -0.2) is 16.5 Å². The predicted molar refractivity (Wildman–Crippen MR) is 116 cm³/mol. The molecule has 1 aliphatic carbocycles. The Morgan fingerprint density at radius 1 is 1.19 bits per heavy atom. The maximum absolute atomic E-state index is 4.61. The predicted octanol–water partition coefficient (Wildman–Crippen LogP) is 5.89. The number of aromatic nitrogens is 2. The van der Waals surface area contributed by atoms with Gasteiger partial charge >= 0.3 is 0 Å². The maximum atomic E-state index is 4.61. The van der Waals surface area contributed by atoms with Crippen LogP contribution in [0.5, 0.6) is 0 Å². The summed E-state index contributed by atoms with van der Waals surface area (Å²) in [4.78, 5) is 11.9. The van der Waals surface area contributed by atoms with Crippen molar-refractivity contribution < 1.29 is 0 Å². The Kier molecular flexibility index (Phi) is 5.18. The molecule has 0 saturated carbocycles. The first-order valence-corrected chi connectivity index (χ1v) is 10.9. The van der Waals surface area contributed by atoms with Crippen molar-refractivity contribution in [3.8, 4) is 0 Å². The van der Waals surface area contributed by atoms with E-state index < -0.39 is 0 Å². The van der Waals surface area contributed by atoms with Crippen molar-refractivity contribution in [2.45, 2.75) is 52.9 Å². The third-order valence-corrected chi connectivity index (χ3v) is 7.61. The Morgan fingerprint density at radius 3 is 2.78 bits per heavy atom. The van der Waals surface area contributed by atoms with Crippen LogP contribution < -0.4 is 5.32 Å². The average Bonchev–Trinajstić information content (AvgIpc) is 3.07. The molecule has 3 nitrogen and oxygen atoms in total. The van der Waals surface area contributed by atoms with E-state index in [0.29, 0.717) is 5.41 Å². The SMILES string of the molecule is CCC(C)(C)[C@H]1CCc2sc3ncnc(NCCc4ccccc4)c3c2C1. The number of benzene rings is 1. The molecular weight excluding hydrogens is 350 g/mol. The van der Waals surface area contributed by atoms with Gasteiger partial charge in [0, 0.05) is 11.4 Å². The van der Waals surface area contributed by atoms with E-state index in [0.717, 1.165) is 36.0 Å². The number of rotatable bonds is 6. The van der Waals surface area contributed by atoms with Gasteiger partial charge in [0.25, 0.3) is 0 Å². The van der Waals surface area contributed by atoms with E-state index in [1.165, 1.54) is 40.7 Å². The van der Waals surface area contributed by atoms with Gasteiger partial charge in [0.1, 0.15) is 17.0 Å². The van der Waals surface area contributed by atoms with Gasteiger partial charge in [0.05, 0.1) is 5.39 Å². The number of fused-ring (bicyclic) bond motifs is 3. The van der Waals surface area contributed by atoms with Crippen LogP contribution in [0.3, 0.4) is 0 Å². The minimum atomic E-state index is 0.391. The van der Waals surface area contributed by atoms with Crippen LogP contribution in [-0.2, 0) is 19.3 Å². The van der Waals surface area contributed by atoms with E-state index in [-0.39, 0.29) is 0 Å². The molecule has 0 saturated heterocycles. The lowest BCUT2D eigenvalue weighted by Gasteiger charge is -2.36. The lowest BCUT2D eigenvalue weighted by Crippen LogP contribution is -2.28. The van der Waals surface area contributed by atoms with Gasteiger partial charge in [-0.15, -0.1) is 11.3 Å². The van der Waals surface area contributed by atoms with Gasteiger partial charge in [0.2, 0.25) is 0 Å². The van der Waals surface area contributed by atoms with Gasteiger partial charge in [-0.2, -0.15) is 0 Å². The number of anilines is 1. The topological polar surface area (TPSA) is 37.8 Å². The summed E-state index contributed by atoms with van der Waals surface area (Å²) in [7, 11) is 0. The van der Waals surface area contributed by atoms with Crippen LogP contribution in [0.25, 0.3) is 10.2 Å². The lowest BCUT2D eigenvalue weighted by molar-refractivity contribution is 0.184. The molecule has 0 fully saturated rings. The molecule has 0 aliphatic heterocycles. The smallest absolute Gasteiger partial charge is 0.138 e. The summed E-state index contributed by atoms with van der Waals surface area (Å²) in [6, 6.07) is 10.6. The first-order valence-electron chi connectivity index (χ1n) is 10.1. The van der Waals surface area contributed by atoms with Crippen molar-refractivity contribution in [3.63, 3.8) is 0 Å². The molecule has 142 valence electrons. The molecule has 0 unspecified atom stereocenters. The van der Waals surface area contributed by atoms with E-state index >= 15 is 0 Å². The number of thiophene rings is 1. The molecule has 2 aromatic heterocycles. The van der Waals surface area contributed by atoms with Crippen molar-refractivity contribution in [3.05, 3.63) is 52.7 Å². The second-order valence-corrected chi connectivity index (χ2v) is 9.43. The molecule has 0 radical (unpaired) electrons. The Balaban J connectivity index is 1.59. The number of nitrogens with one attached hydrogen (secondary N) is 1. The monoisotopic (exact) mass is 379 g/mol. The van der Waals surface area contributed by atoms with Gasteiger partial charge < -0.3 is 5.32 Å². The van der Waals surface area contributed by atoms with E-state index in [1.807, 2.05) is 11.3 Å². The minimum absolute atomic E-state index is 0.391. The number of hydrogen-bond donors (Lipinski definition) is 1. The fourth-order valence-corrected chi connectivity index (χ4v) is 5.35. The summed E-state index contributed by atoms with van der Waals surface area (Å²) in [5.41, 5.74) is 3.26. The van der Waals surface area contributed by atoms with Crippen LogP contribution in [0.2, 0.25) is 0 Å². The van der Waals surface area contributed by atoms with E-state index in [4.69, 9.17) is 0 Å². The highest BCUT2D eigenvalue weighted by Crippen LogP contribution is 2.45. The molecule has 0 amide bonds. The summed E-state index contributed by atoms with van der Waals surface area (Å²) < 4.78 is 0. The van der Waals surface area contributed by atoms with Gasteiger partial charge in [-0.3, -0.25) is 0 Å². The van der Waals surface area contributed by atoms with E-state index in [1.54, 1.807) is 6.33 Å². The highest BCUT2D eigenvalue weighted by Gasteiger charge is 2.33. The fourth-order valence-electron chi connectivity index (χ4n) is 4.17. The van der Waals surface area contributed by atoms with Crippen LogP contribution in [0.4, 0.5) is 5.82 Å². The molecule has 4 heteroatoms. The highest BCUT2D eigenvalue weighted by molar-refractivity contribution is 7.19. The molecule has 1 aromatic carbocycles. The molecule has 1 atom stereocenters. The first-order chi connectivity index (χ1) is 13.1. The van der Waals surface area contributed by atoms with Gasteiger partial charge in [0.15, 0.2) is 0 Å². The summed E-state index contributed by atoms with van der Waals surface area (Å²) in [6.45, 7) is 8.06. The minimum Gasteiger partial charge on any atom is -0.369 e.